The molecular formula is C15H18N2O2. The molecule has 1 fully saturated rings. The number of benzene rings is 1. The van der Waals surface area contributed by atoms with Gasteiger partial charge in [-0.05, 0) is 18.6 Å². The third-order valence-electron chi connectivity index (χ3n) is 4.30. The summed E-state index contributed by atoms with van der Waals surface area (Å²) in [5.41, 5.74) is 1.28. The molecule has 1 aromatic carbocycles. The van der Waals surface area contributed by atoms with Gasteiger partial charge in [-0.2, -0.15) is 0 Å². The average Bonchev–Trinajstić information content (AvgIpc) is 2.82. The molecular weight excluding hydrogens is 240 g/mol. The van der Waals surface area contributed by atoms with E-state index in [9.17, 15) is 9.90 Å². The summed E-state index contributed by atoms with van der Waals surface area (Å²) in [6.07, 6.45) is 0.291. The van der Waals surface area contributed by atoms with Gasteiger partial charge in [-0.1, -0.05) is 32.0 Å². The van der Waals surface area contributed by atoms with E-state index in [-0.39, 0.29) is 23.5 Å². The van der Waals surface area contributed by atoms with Crippen LogP contribution in [0.1, 0.15) is 30.8 Å². The SMILES string of the molecule is CC1(C)C(O)CC1NC(=O)c1cc2ccccc2[nH]1. The molecule has 3 rings (SSSR count). The van der Waals surface area contributed by atoms with Crippen LogP contribution >= 0.6 is 0 Å². The second kappa shape index (κ2) is 4.10. The fourth-order valence-corrected chi connectivity index (χ4v) is 2.58. The lowest BCUT2D eigenvalue weighted by molar-refractivity contribution is -0.0690. The first-order valence-corrected chi connectivity index (χ1v) is 6.55. The van der Waals surface area contributed by atoms with Crippen LogP contribution in [0.2, 0.25) is 0 Å². The Kier molecular flexibility index (Phi) is 2.64. The Morgan fingerprint density at radius 2 is 2.16 bits per heavy atom. The number of carbonyl (C=O) groups is 1. The van der Waals surface area contributed by atoms with Crippen LogP contribution in [-0.2, 0) is 0 Å². The highest BCUT2D eigenvalue weighted by Crippen LogP contribution is 2.40. The fraction of sp³-hybridized carbons (Fsp3) is 0.400. The van der Waals surface area contributed by atoms with Crippen LogP contribution in [0, 0.1) is 5.41 Å². The van der Waals surface area contributed by atoms with Gasteiger partial charge in [-0.25, -0.2) is 0 Å². The third kappa shape index (κ3) is 1.92. The zero-order valence-corrected chi connectivity index (χ0v) is 11.1. The van der Waals surface area contributed by atoms with E-state index in [1.165, 1.54) is 0 Å². The maximum absolute atomic E-state index is 12.2. The smallest absolute Gasteiger partial charge is 0.267 e. The van der Waals surface area contributed by atoms with Crippen LogP contribution in [0.5, 0.6) is 0 Å². The molecule has 1 saturated carbocycles. The van der Waals surface area contributed by atoms with E-state index in [1.54, 1.807) is 0 Å². The number of aliphatic hydroxyl groups excluding tert-OH is 1. The lowest BCUT2D eigenvalue weighted by Crippen LogP contribution is -2.61. The number of H-pyrrole nitrogens is 1. The molecule has 2 aromatic rings. The van der Waals surface area contributed by atoms with E-state index >= 15 is 0 Å². The van der Waals surface area contributed by atoms with Gasteiger partial charge in [-0.15, -0.1) is 0 Å². The zero-order chi connectivity index (χ0) is 13.6. The van der Waals surface area contributed by atoms with Gasteiger partial charge in [0, 0.05) is 22.4 Å². The molecule has 0 saturated heterocycles. The highest BCUT2D eigenvalue weighted by Gasteiger charge is 2.48. The largest absolute Gasteiger partial charge is 0.392 e. The Labute approximate surface area is 111 Å². The van der Waals surface area contributed by atoms with Crippen molar-refractivity contribution in [2.24, 2.45) is 5.41 Å². The van der Waals surface area contributed by atoms with Crippen molar-refractivity contribution in [2.75, 3.05) is 0 Å². The molecule has 100 valence electrons. The summed E-state index contributed by atoms with van der Waals surface area (Å²) in [7, 11) is 0. The van der Waals surface area contributed by atoms with Gasteiger partial charge in [0.2, 0.25) is 0 Å². The molecule has 19 heavy (non-hydrogen) atoms. The number of aromatic nitrogens is 1. The van der Waals surface area contributed by atoms with Crippen LogP contribution in [-0.4, -0.2) is 28.1 Å². The van der Waals surface area contributed by atoms with E-state index < -0.39 is 0 Å². The first-order chi connectivity index (χ1) is 8.98. The Morgan fingerprint density at radius 1 is 1.42 bits per heavy atom. The van der Waals surface area contributed by atoms with E-state index in [4.69, 9.17) is 0 Å². The molecule has 4 heteroatoms. The third-order valence-corrected chi connectivity index (χ3v) is 4.30. The van der Waals surface area contributed by atoms with Crippen molar-refractivity contribution in [1.82, 2.24) is 10.3 Å². The van der Waals surface area contributed by atoms with Crippen molar-refractivity contribution in [3.63, 3.8) is 0 Å². The number of rotatable bonds is 2. The van der Waals surface area contributed by atoms with Gasteiger partial charge in [0.15, 0.2) is 0 Å². The van der Waals surface area contributed by atoms with Crippen molar-refractivity contribution in [2.45, 2.75) is 32.4 Å². The molecule has 1 amide bonds. The van der Waals surface area contributed by atoms with Crippen LogP contribution in [0.25, 0.3) is 10.9 Å². The minimum Gasteiger partial charge on any atom is -0.392 e. The summed E-state index contributed by atoms with van der Waals surface area (Å²) in [5, 5.41) is 13.7. The van der Waals surface area contributed by atoms with Gasteiger partial charge in [0.05, 0.1) is 6.10 Å². The van der Waals surface area contributed by atoms with Crippen molar-refractivity contribution < 1.29 is 9.90 Å². The fourth-order valence-electron chi connectivity index (χ4n) is 2.58. The summed E-state index contributed by atoms with van der Waals surface area (Å²) in [6, 6.07) is 9.69. The number of hydrogen-bond acceptors (Lipinski definition) is 2. The lowest BCUT2D eigenvalue weighted by Gasteiger charge is -2.49. The van der Waals surface area contributed by atoms with Crippen molar-refractivity contribution in [3.8, 4) is 0 Å². The standard InChI is InChI=1S/C15H18N2O2/c1-15(2)12(8-13(15)18)17-14(19)11-7-9-5-3-4-6-10(9)16-11/h3-7,12-13,16,18H,8H2,1-2H3,(H,17,19). The normalized spacial score (nSPS) is 25.0. The van der Waals surface area contributed by atoms with Crippen LogP contribution in [0.4, 0.5) is 0 Å². The Hall–Kier alpha value is -1.81. The second-order valence-corrected chi connectivity index (χ2v) is 5.87. The number of aromatic amines is 1. The van der Waals surface area contributed by atoms with Crippen LogP contribution < -0.4 is 5.32 Å². The van der Waals surface area contributed by atoms with Gasteiger partial charge >= 0.3 is 0 Å². The molecule has 1 aliphatic rings. The molecule has 2 unspecified atom stereocenters. The average molecular weight is 258 g/mol. The number of nitrogens with one attached hydrogen (secondary N) is 2. The molecule has 4 nitrogen and oxygen atoms in total. The molecule has 1 heterocycles. The number of para-hydroxylation sites is 1. The molecule has 2 atom stereocenters. The van der Waals surface area contributed by atoms with E-state index in [1.807, 2.05) is 44.2 Å². The first-order valence-electron chi connectivity index (χ1n) is 6.55. The van der Waals surface area contributed by atoms with E-state index in [0.29, 0.717) is 12.1 Å². The summed E-state index contributed by atoms with van der Waals surface area (Å²) < 4.78 is 0. The quantitative estimate of drug-likeness (QED) is 0.772. The number of amides is 1. The summed E-state index contributed by atoms with van der Waals surface area (Å²) >= 11 is 0. The Bertz CT molecular complexity index is 597. The summed E-state index contributed by atoms with van der Waals surface area (Å²) in [5.74, 6) is -0.110. The van der Waals surface area contributed by atoms with Gasteiger partial charge < -0.3 is 15.4 Å². The topological polar surface area (TPSA) is 65.1 Å². The Morgan fingerprint density at radius 3 is 2.79 bits per heavy atom. The second-order valence-electron chi connectivity index (χ2n) is 5.87. The lowest BCUT2D eigenvalue weighted by atomic mass is 9.64. The van der Waals surface area contributed by atoms with Gasteiger partial charge in [0.1, 0.15) is 5.69 Å². The Balaban J connectivity index is 1.78. The maximum Gasteiger partial charge on any atom is 0.267 e. The molecule has 3 N–H and O–H groups in total. The number of hydrogen-bond donors (Lipinski definition) is 3. The van der Waals surface area contributed by atoms with Gasteiger partial charge in [0.25, 0.3) is 5.91 Å². The van der Waals surface area contributed by atoms with Crippen LogP contribution in [0.3, 0.4) is 0 Å². The first kappa shape index (κ1) is 12.2. The highest BCUT2D eigenvalue weighted by atomic mass is 16.3. The molecule has 0 aliphatic heterocycles. The number of carbonyl (C=O) groups excluding carboxylic acids is 1. The van der Waals surface area contributed by atoms with Crippen molar-refractivity contribution in [1.29, 1.82) is 0 Å². The molecule has 0 radical (unpaired) electrons. The zero-order valence-electron chi connectivity index (χ0n) is 11.1. The van der Waals surface area contributed by atoms with Gasteiger partial charge in [-0.3, -0.25) is 4.79 Å². The predicted molar refractivity (Wildman–Crippen MR) is 74.0 cm³/mol. The maximum atomic E-state index is 12.2. The monoisotopic (exact) mass is 258 g/mol. The van der Waals surface area contributed by atoms with Crippen molar-refractivity contribution >= 4 is 16.8 Å². The van der Waals surface area contributed by atoms with Crippen LogP contribution in [0.15, 0.2) is 30.3 Å². The molecule has 1 aliphatic carbocycles. The summed E-state index contributed by atoms with van der Waals surface area (Å²) in [6.45, 7) is 3.94. The minimum absolute atomic E-state index is 0.0291. The van der Waals surface area contributed by atoms with Crippen molar-refractivity contribution in [3.05, 3.63) is 36.0 Å². The van der Waals surface area contributed by atoms with E-state index in [2.05, 4.69) is 10.3 Å². The number of fused-ring (bicyclic) bond motifs is 1. The predicted octanol–water partition coefficient (Wildman–Crippen LogP) is 2.06. The molecule has 0 spiro atoms. The number of aliphatic hydroxyl groups is 1. The molecule has 1 aromatic heterocycles. The highest BCUT2D eigenvalue weighted by molar-refractivity contribution is 5.98. The minimum atomic E-state index is -0.333. The molecule has 0 bridgehead atoms. The van der Waals surface area contributed by atoms with E-state index in [0.717, 1.165) is 10.9 Å². The summed E-state index contributed by atoms with van der Waals surface area (Å²) in [4.78, 5) is 15.3.